The molecule has 1 fully saturated rings. The molecule has 0 aromatic rings. The molecule has 2 heteroatoms. The Morgan fingerprint density at radius 2 is 1.57 bits per heavy atom. The van der Waals surface area contributed by atoms with Gasteiger partial charge in [0, 0.05) is 0 Å². The zero-order valence-electron chi connectivity index (χ0n) is 4.52. The van der Waals surface area contributed by atoms with Crippen molar-refractivity contribution in [1.82, 2.24) is 0 Å². The number of hydrogen-bond donors (Lipinski definition) is 0. The van der Waals surface area contributed by atoms with Crippen molar-refractivity contribution in [3.8, 4) is 0 Å². The molecular formula is C5H10BrZn. The topological polar surface area (TPSA) is 0 Å². The van der Waals surface area contributed by atoms with Crippen molar-refractivity contribution in [3.05, 3.63) is 0 Å². The van der Waals surface area contributed by atoms with Gasteiger partial charge in [-0.25, -0.2) is 0 Å². The summed E-state index contributed by atoms with van der Waals surface area (Å²) in [7, 11) is 0. The van der Waals surface area contributed by atoms with E-state index in [1.54, 1.807) is 31.1 Å². The first kappa shape index (κ1) is 8.10. The van der Waals surface area contributed by atoms with Crippen LogP contribution in [0.25, 0.3) is 0 Å². The van der Waals surface area contributed by atoms with Gasteiger partial charge in [-0.05, 0) is 0 Å². The average molecular weight is 215 g/mol. The molecule has 0 N–H and O–H groups in total. The van der Waals surface area contributed by atoms with Crippen LogP contribution in [0.2, 0.25) is 4.51 Å². The zero-order chi connectivity index (χ0) is 4.41. The number of hydrogen-bond acceptors (Lipinski definition) is 0. The Labute approximate surface area is 65.5 Å². The third-order valence-electron chi connectivity index (χ3n) is 1.47. The van der Waals surface area contributed by atoms with Gasteiger partial charge in [0.2, 0.25) is 0 Å². The molecule has 1 rings (SSSR count). The molecule has 0 amide bonds. The molecule has 0 atom stereocenters. The van der Waals surface area contributed by atoms with E-state index in [0.717, 1.165) is 0 Å². The SMILES string of the molecule is Br.[Zn][CH]1CCCC1. The van der Waals surface area contributed by atoms with Crippen molar-refractivity contribution < 1.29 is 18.3 Å². The van der Waals surface area contributed by atoms with Crippen LogP contribution < -0.4 is 0 Å². The summed E-state index contributed by atoms with van der Waals surface area (Å²) in [5, 5.41) is 0. The van der Waals surface area contributed by atoms with E-state index in [9.17, 15) is 0 Å². The van der Waals surface area contributed by atoms with Gasteiger partial charge in [-0.1, -0.05) is 0 Å². The van der Waals surface area contributed by atoms with Gasteiger partial charge in [-0.3, -0.25) is 0 Å². The number of rotatable bonds is 0. The molecule has 1 saturated carbocycles. The van der Waals surface area contributed by atoms with Crippen LogP contribution in [0, 0.1) is 0 Å². The molecule has 1 aliphatic rings. The van der Waals surface area contributed by atoms with Crippen LogP contribution in [0.1, 0.15) is 25.7 Å². The van der Waals surface area contributed by atoms with Gasteiger partial charge >= 0.3 is 48.5 Å². The Morgan fingerprint density at radius 3 is 1.71 bits per heavy atom. The summed E-state index contributed by atoms with van der Waals surface area (Å²) < 4.78 is 1.17. The third kappa shape index (κ3) is 2.82. The summed E-state index contributed by atoms with van der Waals surface area (Å²) in [6, 6.07) is 0. The maximum atomic E-state index is 1.54. The van der Waals surface area contributed by atoms with Crippen molar-refractivity contribution in [3.63, 3.8) is 0 Å². The van der Waals surface area contributed by atoms with Crippen LogP contribution in [0.3, 0.4) is 0 Å². The van der Waals surface area contributed by atoms with E-state index in [4.69, 9.17) is 0 Å². The van der Waals surface area contributed by atoms with E-state index in [2.05, 4.69) is 0 Å². The summed E-state index contributed by atoms with van der Waals surface area (Å²) >= 11 is 1.54. The molecule has 0 nitrogen and oxygen atoms in total. The van der Waals surface area contributed by atoms with Gasteiger partial charge in [0.1, 0.15) is 0 Å². The van der Waals surface area contributed by atoms with Gasteiger partial charge in [-0.15, -0.1) is 17.0 Å². The van der Waals surface area contributed by atoms with Crippen molar-refractivity contribution in [2.75, 3.05) is 0 Å². The van der Waals surface area contributed by atoms with Crippen LogP contribution >= 0.6 is 17.0 Å². The molecular weight excluding hydrogens is 205 g/mol. The van der Waals surface area contributed by atoms with Crippen LogP contribution in [-0.2, 0) is 18.3 Å². The van der Waals surface area contributed by atoms with Crippen LogP contribution in [-0.4, -0.2) is 0 Å². The summed E-state index contributed by atoms with van der Waals surface area (Å²) in [6.45, 7) is 0. The van der Waals surface area contributed by atoms with Gasteiger partial charge in [0.05, 0.1) is 0 Å². The molecule has 0 aromatic carbocycles. The predicted molar refractivity (Wildman–Crippen MR) is 32.5 cm³/mol. The Kier molecular flexibility index (Phi) is 4.66. The molecule has 1 aliphatic carbocycles. The van der Waals surface area contributed by atoms with Crippen LogP contribution in [0.15, 0.2) is 0 Å². The van der Waals surface area contributed by atoms with Gasteiger partial charge in [0.15, 0.2) is 0 Å². The summed E-state index contributed by atoms with van der Waals surface area (Å²) in [6.07, 6.45) is 6.12. The fourth-order valence-electron chi connectivity index (χ4n) is 1.01. The van der Waals surface area contributed by atoms with E-state index < -0.39 is 0 Å². The van der Waals surface area contributed by atoms with E-state index in [1.165, 1.54) is 17.4 Å². The monoisotopic (exact) mass is 213 g/mol. The molecule has 0 heterocycles. The van der Waals surface area contributed by atoms with E-state index in [1.807, 2.05) is 0 Å². The summed E-state index contributed by atoms with van der Waals surface area (Å²) in [5.74, 6) is 0. The molecule has 0 unspecified atom stereocenters. The Morgan fingerprint density at radius 1 is 1.14 bits per heavy atom. The minimum atomic E-state index is 0. The first-order chi connectivity index (χ1) is 2.89. The molecule has 39 valence electrons. The normalized spacial score (nSPS) is 22.0. The van der Waals surface area contributed by atoms with Crippen molar-refractivity contribution in [2.45, 2.75) is 30.2 Å². The average Bonchev–Trinajstić information content (AvgIpc) is 1.86. The molecule has 0 aliphatic heterocycles. The molecule has 0 aromatic heterocycles. The van der Waals surface area contributed by atoms with Gasteiger partial charge in [0.25, 0.3) is 0 Å². The summed E-state index contributed by atoms with van der Waals surface area (Å²) in [4.78, 5) is 0. The maximum absolute atomic E-state index is 1.54. The first-order valence-electron chi connectivity index (χ1n) is 2.72. The molecule has 0 saturated heterocycles. The van der Waals surface area contributed by atoms with Crippen molar-refractivity contribution >= 4 is 17.0 Å². The van der Waals surface area contributed by atoms with Crippen LogP contribution in [0.4, 0.5) is 0 Å². The second kappa shape index (κ2) is 4.03. The second-order valence-electron chi connectivity index (χ2n) is 2.15. The molecule has 7 heavy (non-hydrogen) atoms. The zero-order valence-corrected chi connectivity index (χ0v) is 9.20. The van der Waals surface area contributed by atoms with E-state index >= 15 is 0 Å². The second-order valence-corrected chi connectivity index (χ2v) is 4.57. The number of halogens is 1. The standard InChI is InChI=1S/C5H9.BrH.Zn/c1-2-4-5-3-1;;/h1H,2-5H2;1H;. The predicted octanol–water partition coefficient (Wildman–Crippen LogP) is 2.47. The quantitative estimate of drug-likeness (QED) is 0.545. The third-order valence-corrected chi connectivity index (χ3v) is 3.19. The van der Waals surface area contributed by atoms with E-state index in [0.29, 0.717) is 0 Å². The van der Waals surface area contributed by atoms with E-state index in [-0.39, 0.29) is 17.0 Å². The fraction of sp³-hybridized carbons (Fsp3) is 1.00. The summed E-state index contributed by atoms with van der Waals surface area (Å²) in [5.41, 5.74) is 0. The molecule has 0 radical (unpaired) electrons. The van der Waals surface area contributed by atoms with Crippen molar-refractivity contribution in [2.24, 2.45) is 0 Å². The molecule has 0 spiro atoms. The molecule has 0 bridgehead atoms. The van der Waals surface area contributed by atoms with Crippen LogP contribution in [0.5, 0.6) is 0 Å². The fourth-order valence-corrected chi connectivity index (χ4v) is 2.22. The Balaban J connectivity index is 0.000000360. The first-order valence-corrected chi connectivity index (χ1v) is 4.44. The minimum absolute atomic E-state index is 0. The van der Waals surface area contributed by atoms with Gasteiger partial charge in [-0.2, -0.15) is 0 Å². The Hall–Kier alpha value is 1.10. The Bertz CT molecular complexity index is 41.3. The van der Waals surface area contributed by atoms with Gasteiger partial charge < -0.3 is 0 Å². The van der Waals surface area contributed by atoms with Crippen molar-refractivity contribution in [1.29, 1.82) is 0 Å².